The predicted molar refractivity (Wildman–Crippen MR) is 66.3 cm³/mol. The van der Waals surface area contributed by atoms with Crippen molar-refractivity contribution in [2.75, 3.05) is 26.7 Å². The summed E-state index contributed by atoms with van der Waals surface area (Å²) in [5.74, 6) is 0.230. The van der Waals surface area contributed by atoms with E-state index in [0.717, 1.165) is 13.1 Å². The van der Waals surface area contributed by atoms with Gasteiger partial charge < -0.3 is 9.32 Å². The molecule has 1 saturated heterocycles. The van der Waals surface area contributed by atoms with Crippen LogP contribution in [0, 0.1) is 0 Å². The van der Waals surface area contributed by atoms with Crippen molar-refractivity contribution in [2.24, 2.45) is 0 Å². The topological polar surface area (TPSA) is 36.7 Å². The summed E-state index contributed by atoms with van der Waals surface area (Å²) < 4.78 is 5.15. The second-order valence-corrected chi connectivity index (χ2v) is 5.44. The van der Waals surface area contributed by atoms with E-state index >= 15 is 0 Å². The summed E-state index contributed by atoms with van der Waals surface area (Å²) in [4.78, 5) is 16.2. The summed E-state index contributed by atoms with van der Waals surface area (Å²) in [5.41, 5.74) is -0.00963. The molecule has 0 spiro atoms. The van der Waals surface area contributed by atoms with Crippen LogP contribution < -0.4 is 0 Å². The van der Waals surface area contributed by atoms with E-state index in [2.05, 4.69) is 25.8 Å². The monoisotopic (exact) mass is 256 g/mol. The van der Waals surface area contributed by atoms with E-state index in [1.54, 1.807) is 12.1 Å². The summed E-state index contributed by atoms with van der Waals surface area (Å²) >= 11 is 5.68. The summed E-state index contributed by atoms with van der Waals surface area (Å²) in [6.45, 7) is 6.54. The number of hydrogen-bond donors (Lipinski definition) is 0. The standard InChI is InChI=1S/C12H17ClN2O2/c1-12(2)8-15(7-6-14(12)3)11(16)9-4-5-10(13)17-9/h4-5H,6-8H2,1-3H3. The number of rotatable bonds is 1. The second-order valence-electron chi connectivity index (χ2n) is 5.06. The molecule has 0 unspecified atom stereocenters. The van der Waals surface area contributed by atoms with E-state index in [-0.39, 0.29) is 16.7 Å². The van der Waals surface area contributed by atoms with Gasteiger partial charge in [0, 0.05) is 25.2 Å². The first kappa shape index (κ1) is 12.5. The van der Waals surface area contributed by atoms with Crippen molar-refractivity contribution < 1.29 is 9.21 Å². The molecule has 0 saturated carbocycles. The Morgan fingerprint density at radius 1 is 1.41 bits per heavy atom. The maximum atomic E-state index is 12.2. The lowest BCUT2D eigenvalue weighted by Crippen LogP contribution is -2.58. The lowest BCUT2D eigenvalue weighted by atomic mass is 9.99. The lowest BCUT2D eigenvalue weighted by molar-refractivity contribution is 0.0290. The Hall–Kier alpha value is -1.00. The fraction of sp³-hybridized carbons (Fsp3) is 0.583. The molecule has 2 heterocycles. The van der Waals surface area contributed by atoms with Crippen molar-refractivity contribution in [3.05, 3.63) is 23.1 Å². The molecule has 0 aromatic carbocycles. The molecule has 1 aliphatic rings. The molecule has 17 heavy (non-hydrogen) atoms. The molecular formula is C12H17ClN2O2. The van der Waals surface area contributed by atoms with Crippen molar-refractivity contribution in [3.63, 3.8) is 0 Å². The van der Waals surface area contributed by atoms with E-state index in [4.69, 9.17) is 16.0 Å². The summed E-state index contributed by atoms with van der Waals surface area (Å²) in [6, 6.07) is 3.21. The molecule has 0 atom stereocenters. The minimum atomic E-state index is -0.0851. The number of piperazine rings is 1. The number of likely N-dealkylation sites (N-methyl/N-ethyl adjacent to an activating group) is 1. The van der Waals surface area contributed by atoms with Gasteiger partial charge in [0.25, 0.3) is 5.91 Å². The molecule has 0 aliphatic carbocycles. The molecule has 1 aliphatic heterocycles. The first-order valence-corrected chi connectivity index (χ1v) is 6.04. The Bertz CT molecular complexity index is 428. The quantitative estimate of drug-likeness (QED) is 0.772. The molecular weight excluding hydrogens is 240 g/mol. The Morgan fingerprint density at radius 2 is 2.12 bits per heavy atom. The van der Waals surface area contributed by atoms with E-state index in [9.17, 15) is 4.79 Å². The van der Waals surface area contributed by atoms with Crippen molar-refractivity contribution in [2.45, 2.75) is 19.4 Å². The Balaban J connectivity index is 2.11. The zero-order chi connectivity index (χ0) is 12.6. The van der Waals surface area contributed by atoms with Crippen LogP contribution in [0.25, 0.3) is 0 Å². The zero-order valence-electron chi connectivity index (χ0n) is 10.4. The third-order valence-electron chi connectivity index (χ3n) is 3.39. The van der Waals surface area contributed by atoms with Gasteiger partial charge in [0.05, 0.1) is 0 Å². The number of furan rings is 1. The number of carbonyl (C=O) groups excluding carboxylic acids is 1. The van der Waals surface area contributed by atoms with Crippen molar-refractivity contribution in [3.8, 4) is 0 Å². The van der Waals surface area contributed by atoms with E-state index in [1.807, 2.05) is 4.90 Å². The predicted octanol–water partition coefficient (Wildman–Crippen LogP) is 2.10. The smallest absolute Gasteiger partial charge is 0.289 e. The van der Waals surface area contributed by atoms with Crippen LogP contribution in [-0.2, 0) is 0 Å². The average Bonchev–Trinajstić information content (AvgIpc) is 2.68. The average molecular weight is 257 g/mol. The molecule has 1 fully saturated rings. The molecule has 1 aromatic rings. The third kappa shape index (κ3) is 2.48. The molecule has 0 N–H and O–H groups in total. The number of nitrogens with zero attached hydrogens (tertiary/aromatic N) is 2. The molecule has 1 aromatic heterocycles. The molecule has 94 valence electrons. The number of amides is 1. The van der Waals surface area contributed by atoms with Crippen LogP contribution in [0.1, 0.15) is 24.4 Å². The maximum absolute atomic E-state index is 12.2. The maximum Gasteiger partial charge on any atom is 0.289 e. The van der Waals surface area contributed by atoms with Gasteiger partial charge in [-0.1, -0.05) is 0 Å². The number of hydrogen-bond acceptors (Lipinski definition) is 3. The highest BCUT2D eigenvalue weighted by atomic mass is 35.5. The Kier molecular flexibility index (Phi) is 3.19. The molecule has 1 amide bonds. The minimum absolute atomic E-state index is 0.00963. The van der Waals surface area contributed by atoms with Crippen LogP contribution in [-0.4, -0.2) is 47.9 Å². The summed E-state index contributed by atoms with van der Waals surface area (Å²) in [6.07, 6.45) is 0. The SMILES string of the molecule is CN1CCN(C(=O)c2ccc(Cl)o2)CC1(C)C. The highest BCUT2D eigenvalue weighted by Gasteiger charge is 2.34. The first-order valence-electron chi connectivity index (χ1n) is 5.66. The molecule has 0 bridgehead atoms. The van der Waals surface area contributed by atoms with Gasteiger partial charge in [-0.15, -0.1) is 0 Å². The van der Waals surface area contributed by atoms with Crippen molar-refractivity contribution in [1.82, 2.24) is 9.80 Å². The third-order valence-corrected chi connectivity index (χ3v) is 3.59. The molecule has 0 radical (unpaired) electrons. The Morgan fingerprint density at radius 3 is 2.65 bits per heavy atom. The van der Waals surface area contributed by atoms with Crippen molar-refractivity contribution in [1.29, 1.82) is 0 Å². The fourth-order valence-corrected chi connectivity index (χ4v) is 2.14. The van der Waals surface area contributed by atoms with Crippen LogP contribution >= 0.6 is 11.6 Å². The molecule has 2 rings (SSSR count). The van der Waals surface area contributed by atoms with Crippen LogP contribution in [0.4, 0.5) is 0 Å². The zero-order valence-corrected chi connectivity index (χ0v) is 11.1. The number of halogens is 1. The van der Waals surface area contributed by atoms with E-state index < -0.39 is 0 Å². The molecule has 5 heteroatoms. The second kappa shape index (κ2) is 4.35. The minimum Gasteiger partial charge on any atom is -0.440 e. The van der Waals surface area contributed by atoms with Gasteiger partial charge in [-0.25, -0.2) is 0 Å². The van der Waals surface area contributed by atoms with Crippen LogP contribution in [0.15, 0.2) is 16.5 Å². The van der Waals surface area contributed by atoms with Gasteiger partial charge in [0.2, 0.25) is 0 Å². The van der Waals surface area contributed by atoms with Crippen LogP contribution in [0.2, 0.25) is 5.22 Å². The van der Waals surface area contributed by atoms with Crippen molar-refractivity contribution >= 4 is 17.5 Å². The fourth-order valence-electron chi connectivity index (χ4n) is 2.00. The van der Waals surface area contributed by atoms with Gasteiger partial charge in [0.15, 0.2) is 11.0 Å². The van der Waals surface area contributed by atoms with Crippen LogP contribution in [0.3, 0.4) is 0 Å². The van der Waals surface area contributed by atoms with E-state index in [0.29, 0.717) is 12.3 Å². The largest absolute Gasteiger partial charge is 0.440 e. The van der Waals surface area contributed by atoms with Gasteiger partial charge in [-0.2, -0.15) is 0 Å². The lowest BCUT2D eigenvalue weighted by Gasteiger charge is -2.45. The highest BCUT2D eigenvalue weighted by Crippen LogP contribution is 2.22. The summed E-state index contributed by atoms with van der Waals surface area (Å²) in [7, 11) is 2.07. The van der Waals surface area contributed by atoms with Crippen LogP contribution in [0.5, 0.6) is 0 Å². The van der Waals surface area contributed by atoms with Gasteiger partial charge >= 0.3 is 0 Å². The van der Waals surface area contributed by atoms with Gasteiger partial charge in [-0.3, -0.25) is 9.69 Å². The summed E-state index contributed by atoms with van der Waals surface area (Å²) in [5, 5.41) is 0.252. The first-order chi connectivity index (χ1) is 7.90. The highest BCUT2D eigenvalue weighted by molar-refractivity contribution is 6.29. The normalized spacial score (nSPS) is 20.6. The van der Waals surface area contributed by atoms with Gasteiger partial charge in [-0.05, 0) is 44.6 Å². The number of carbonyl (C=O) groups is 1. The Labute approximate surface area is 106 Å². The molecule has 4 nitrogen and oxygen atoms in total. The van der Waals surface area contributed by atoms with E-state index in [1.165, 1.54) is 0 Å². The van der Waals surface area contributed by atoms with Gasteiger partial charge in [0.1, 0.15) is 0 Å².